The minimum absolute atomic E-state index is 0.610. The van der Waals surface area contributed by atoms with Gasteiger partial charge >= 0.3 is 0 Å². The average Bonchev–Trinajstić information content (AvgIpc) is 1.84. The number of nitrogens with one attached hydrogen (secondary N) is 1. The first kappa shape index (κ1) is 11.9. The molecule has 0 spiro atoms. The lowest BCUT2D eigenvalue weighted by Gasteiger charge is -2.18. The Balaban J connectivity index is 3.25. The predicted molar refractivity (Wildman–Crippen MR) is 55.5 cm³/mol. The van der Waals surface area contributed by atoms with Crippen LogP contribution in [0.3, 0.4) is 0 Å². The predicted octanol–water partition coefficient (Wildman–Crippen LogP) is 1.57. The van der Waals surface area contributed by atoms with Crippen LogP contribution in [0, 0.1) is 5.92 Å². The topological polar surface area (TPSA) is 15.3 Å². The van der Waals surface area contributed by atoms with Crippen LogP contribution in [0.1, 0.15) is 27.2 Å². The van der Waals surface area contributed by atoms with Crippen LogP contribution in [-0.2, 0) is 0 Å². The third kappa shape index (κ3) is 8.02. The monoisotopic (exact) mass is 172 g/mol. The van der Waals surface area contributed by atoms with Crippen LogP contribution in [-0.4, -0.2) is 38.1 Å². The maximum atomic E-state index is 3.50. The van der Waals surface area contributed by atoms with E-state index in [1.807, 2.05) is 0 Å². The summed E-state index contributed by atoms with van der Waals surface area (Å²) in [6, 6.07) is 0.610. The highest BCUT2D eigenvalue weighted by atomic mass is 15.1. The zero-order valence-corrected chi connectivity index (χ0v) is 9.22. The molecular weight excluding hydrogens is 148 g/mol. The second-order valence-electron chi connectivity index (χ2n) is 4.30. The molecule has 1 N–H and O–H groups in total. The molecule has 0 bridgehead atoms. The molecule has 0 radical (unpaired) electrons. The summed E-state index contributed by atoms with van der Waals surface area (Å²) in [6.45, 7) is 9.03. The molecule has 0 aromatic carbocycles. The zero-order chi connectivity index (χ0) is 9.56. The van der Waals surface area contributed by atoms with Gasteiger partial charge in [-0.05, 0) is 39.9 Å². The van der Waals surface area contributed by atoms with Gasteiger partial charge in [0.1, 0.15) is 0 Å². The minimum atomic E-state index is 0.610. The normalized spacial score (nSPS) is 14.2. The number of rotatable bonds is 6. The first-order chi connectivity index (χ1) is 5.52. The van der Waals surface area contributed by atoms with E-state index in [0.29, 0.717) is 6.04 Å². The van der Waals surface area contributed by atoms with Crippen LogP contribution < -0.4 is 5.32 Å². The van der Waals surface area contributed by atoms with Crippen LogP contribution in [0.5, 0.6) is 0 Å². The number of hydrogen-bond acceptors (Lipinski definition) is 2. The molecule has 74 valence electrons. The van der Waals surface area contributed by atoms with E-state index in [2.05, 4.69) is 45.1 Å². The van der Waals surface area contributed by atoms with Crippen molar-refractivity contribution in [3.8, 4) is 0 Å². The van der Waals surface area contributed by atoms with Gasteiger partial charge in [0.05, 0.1) is 0 Å². The SMILES string of the molecule is CC(C)CCNC(C)CN(C)C. The highest BCUT2D eigenvalue weighted by Gasteiger charge is 2.01. The number of nitrogens with zero attached hydrogens (tertiary/aromatic N) is 1. The molecule has 0 aliphatic carbocycles. The van der Waals surface area contributed by atoms with Gasteiger partial charge in [0.15, 0.2) is 0 Å². The first-order valence-electron chi connectivity index (χ1n) is 4.90. The molecule has 0 heterocycles. The van der Waals surface area contributed by atoms with E-state index in [4.69, 9.17) is 0 Å². The van der Waals surface area contributed by atoms with E-state index < -0.39 is 0 Å². The fraction of sp³-hybridized carbons (Fsp3) is 1.00. The van der Waals surface area contributed by atoms with Gasteiger partial charge in [0.25, 0.3) is 0 Å². The van der Waals surface area contributed by atoms with Gasteiger partial charge in [-0.15, -0.1) is 0 Å². The van der Waals surface area contributed by atoms with Gasteiger partial charge in [0.2, 0.25) is 0 Å². The van der Waals surface area contributed by atoms with E-state index in [0.717, 1.165) is 19.0 Å². The van der Waals surface area contributed by atoms with E-state index in [9.17, 15) is 0 Å². The lowest BCUT2D eigenvalue weighted by atomic mass is 10.1. The lowest BCUT2D eigenvalue weighted by Crippen LogP contribution is -2.36. The smallest absolute Gasteiger partial charge is 0.0166 e. The molecule has 0 aliphatic rings. The minimum Gasteiger partial charge on any atom is -0.313 e. The summed E-state index contributed by atoms with van der Waals surface area (Å²) in [5, 5.41) is 3.50. The average molecular weight is 172 g/mol. The van der Waals surface area contributed by atoms with E-state index >= 15 is 0 Å². The zero-order valence-electron chi connectivity index (χ0n) is 9.22. The molecule has 0 aromatic rings. The first-order valence-corrected chi connectivity index (χ1v) is 4.90. The number of likely N-dealkylation sites (N-methyl/N-ethyl adjacent to an activating group) is 1. The Morgan fingerprint density at radius 2 is 1.75 bits per heavy atom. The second kappa shape index (κ2) is 6.44. The maximum Gasteiger partial charge on any atom is 0.0166 e. The van der Waals surface area contributed by atoms with Crippen LogP contribution in [0.25, 0.3) is 0 Å². The van der Waals surface area contributed by atoms with Gasteiger partial charge < -0.3 is 10.2 Å². The lowest BCUT2D eigenvalue weighted by molar-refractivity contribution is 0.345. The quantitative estimate of drug-likeness (QED) is 0.654. The molecule has 0 saturated heterocycles. The summed E-state index contributed by atoms with van der Waals surface area (Å²) in [7, 11) is 4.22. The van der Waals surface area contributed by atoms with Crippen molar-refractivity contribution in [2.24, 2.45) is 5.92 Å². The molecule has 0 fully saturated rings. The van der Waals surface area contributed by atoms with Crippen LogP contribution in [0.4, 0.5) is 0 Å². The summed E-state index contributed by atoms with van der Waals surface area (Å²) >= 11 is 0. The molecule has 1 atom stereocenters. The van der Waals surface area contributed by atoms with Crippen LogP contribution in [0.15, 0.2) is 0 Å². The molecule has 0 aromatic heterocycles. The maximum absolute atomic E-state index is 3.50. The fourth-order valence-corrected chi connectivity index (χ4v) is 1.23. The van der Waals surface area contributed by atoms with E-state index in [-0.39, 0.29) is 0 Å². The molecule has 0 saturated carbocycles. The van der Waals surface area contributed by atoms with Crippen molar-refractivity contribution < 1.29 is 0 Å². The van der Waals surface area contributed by atoms with Crippen molar-refractivity contribution in [2.75, 3.05) is 27.2 Å². The van der Waals surface area contributed by atoms with Gasteiger partial charge in [0, 0.05) is 12.6 Å². The van der Waals surface area contributed by atoms with Gasteiger partial charge in [-0.2, -0.15) is 0 Å². The summed E-state index contributed by atoms with van der Waals surface area (Å²) in [6.07, 6.45) is 1.28. The van der Waals surface area contributed by atoms with Crippen molar-refractivity contribution in [1.29, 1.82) is 0 Å². The Labute approximate surface area is 77.3 Å². The Bertz CT molecular complexity index is 100. The van der Waals surface area contributed by atoms with Gasteiger partial charge in [-0.3, -0.25) is 0 Å². The largest absolute Gasteiger partial charge is 0.313 e. The van der Waals surface area contributed by atoms with E-state index in [1.165, 1.54) is 6.42 Å². The van der Waals surface area contributed by atoms with Crippen LogP contribution in [0.2, 0.25) is 0 Å². The summed E-state index contributed by atoms with van der Waals surface area (Å²) in [5.74, 6) is 0.809. The van der Waals surface area contributed by atoms with Gasteiger partial charge in [-0.25, -0.2) is 0 Å². The highest BCUT2D eigenvalue weighted by Crippen LogP contribution is 1.97. The van der Waals surface area contributed by atoms with E-state index in [1.54, 1.807) is 0 Å². The highest BCUT2D eigenvalue weighted by molar-refractivity contribution is 4.63. The molecule has 12 heavy (non-hydrogen) atoms. The van der Waals surface area contributed by atoms with Crippen LogP contribution >= 0.6 is 0 Å². The van der Waals surface area contributed by atoms with Crippen molar-refractivity contribution in [3.05, 3.63) is 0 Å². The third-order valence-corrected chi connectivity index (χ3v) is 1.85. The molecule has 2 heteroatoms. The molecule has 0 rings (SSSR count). The number of hydrogen-bond donors (Lipinski definition) is 1. The summed E-state index contributed by atoms with van der Waals surface area (Å²) < 4.78 is 0. The molecule has 1 unspecified atom stereocenters. The van der Waals surface area contributed by atoms with Crippen molar-refractivity contribution >= 4 is 0 Å². The fourth-order valence-electron chi connectivity index (χ4n) is 1.23. The Morgan fingerprint density at radius 1 is 1.17 bits per heavy atom. The van der Waals surface area contributed by atoms with Crippen molar-refractivity contribution in [2.45, 2.75) is 33.2 Å². The Morgan fingerprint density at radius 3 is 2.17 bits per heavy atom. The second-order valence-corrected chi connectivity index (χ2v) is 4.30. The van der Waals surface area contributed by atoms with Gasteiger partial charge in [-0.1, -0.05) is 13.8 Å². The third-order valence-electron chi connectivity index (χ3n) is 1.85. The molecule has 0 amide bonds. The Hall–Kier alpha value is -0.0800. The summed E-state index contributed by atoms with van der Waals surface area (Å²) in [5.41, 5.74) is 0. The molecule has 0 aliphatic heterocycles. The standard InChI is InChI=1S/C10H24N2/c1-9(2)6-7-11-10(3)8-12(4)5/h9-11H,6-8H2,1-5H3. The van der Waals surface area contributed by atoms with Crippen molar-refractivity contribution in [3.63, 3.8) is 0 Å². The van der Waals surface area contributed by atoms with Crippen molar-refractivity contribution in [1.82, 2.24) is 10.2 Å². The molecule has 2 nitrogen and oxygen atoms in total. The Kier molecular flexibility index (Phi) is 6.39. The summed E-state index contributed by atoms with van der Waals surface area (Å²) in [4.78, 5) is 2.22. The molecular formula is C10H24N2.